The Hall–Kier alpha value is -1.43. The number of nitrogens with two attached hydrogens (primary N) is 1. The average Bonchev–Trinajstić information content (AvgIpc) is 2.95. The Balaban J connectivity index is 0.00000192. The van der Waals surface area contributed by atoms with E-state index < -0.39 is 0 Å². The number of fused-ring (bicyclic) bond motifs is 1. The first-order valence-corrected chi connectivity index (χ1v) is 8.54. The van der Waals surface area contributed by atoms with Gasteiger partial charge in [0.25, 0.3) is 5.91 Å². The highest BCUT2D eigenvalue weighted by Crippen LogP contribution is 2.32. The van der Waals surface area contributed by atoms with E-state index in [0.29, 0.717) is 12.2 Å². The van der Waals surface area contributed by atoms with Crippen molar-refractivity contribution >= 4 is 35.3 Å². The van der Waals surface area contributed by atoms with Crippen LogP contribution in [0.4, 0.5) is 5.69 Å². The van der Waals surface area contributed by atoms with Crippen LogP contribution in [0.25, 0.3) is 0 Å². The second-order valence-corrected chi connectivity index (χ2v) is 6.75. The van der Waals surface area contributed by atoms with Gasteiger partial charge < -0.3 is 10.6 Å². The second-order valence-electron chi connectivity index (χ2n) is 5.81. The van der Waals surface area contributed by atoms with Gasteiger partial charge in [-0.15, -0.1) is 23.7 Å². The number of carbonyl (C=O) groups is 1. The minimum absolute atomic E-state index is 0. The zero-order valence-corrected chi connectivity index (χ0v) is 15.1. The van der Waals surface area contributed by atoms with Gasteiger partial charge in [-0.25, -0.2) is 4.98 Å². The average molecular weight is 352 g/mol. The number of nitrogens with zero attached hydrogens (tertiary/aromatic N) is 2. The van der Waals surface area contributed by atoms with Crippen LogP contribution in [-0.2, 0) is 12.8 Å². The maximum absolute atomic E-state index is 12.8. The van der Waals surface area contributed by atoms with Gasteiger partial charge in [0.05, 0.1) is 5.01 Å². The van der Waals surface area contributed by atoms with E-state index in [-0.39, 0.29) is 18.3 Å². The van der Waals surface area contributed by atoms with Crippen molar-refractivity contribution in [2.45, 2.75) is 33.1 Å². The van der Waals surface area contributed by atoms with Crippen LogP contribution < -0.4 is 10.6 Å². The van der Waals surface area contributed by atoms with Gasteiger partial charge in [-0.3, -0.25) is 4.79 Å². The molecule has 2 aromatic rings. The number of hydrogen-bond acceptors (Lipinski definition) is 4. The van der Waals surface area contributed by atoms with Gasteiger partial charge in [0.15, 0.2) is 0 Å². The van der Waals surface area contributed by atoms with Crippen LogP contribution in [0.3, 0.4) is 0 Å². The fourth-order valence-electron chi connectivity index (χ4n) is 3.07. The molecule has 0 saturated carbocycles. The van der Waals surface area contributed by atoms with Gasteiger partial charge in [0, 0.05) is 24.0 Å². The van der Waals surface area contributed by atoms with Crippen LogP contribution in [0, 0.1) is 13.8 Å². The number of anilines is 1. The third-order valence-electron chi connectivity index (χ3n) is 4.07. The zero-order chi connectivity index (χ0) is 15.7. The first kappa shape index (κ1) is 17.9. The highest BCUT2D eigenvalue weighted by Gasteiger charge is 2.26. The molecular formula is C17H22ClN3OS. The topological polar surface area (TPSA) is 59.2 Å². The molecule has 3 rings (SSSR count). The summed E-state index contributed by atoms with van der Waals surface area (Å²) in [5.41, 5.74) is 10.9. The summed E-state index contributed by atoms with van der Waals surface area (Å²) in [6.45, 7) is 5.53. The van der Waals surface area contributed by atoms with E-state index in [4.69, 9.17) is 5.73 Å². The number of aryl methyl sites for hydroxylation is 2. The van der Waals surface area contributed by atoms with Crippen LogP contribution in [0.1, 0.15) is 38.6 Å². The largest absolute Gasteiger partial charge is 0.330 e. The Morgan fingerprint density at radius 1 is 1.39 bits per heavy atom. The van der Waals surface area contributed by atoms with E-state index in [1.54, 1.807) is 0 Å². The van der Waals surface area contributed by atoms with Crippen LogP contribution in [0.15, 0.2) is 17.5 Å². The van der Waals surface area contributed by atoms with E-state index in [1.807, 2.05) is 10.3 Å². The van der Waals surface area contributed by atoms with Gasteiger partial charge in [0.2, 0.25) is 0 Å². The van der Waals surface area contributed by atoms with E-state index in [2.05, 4.69) is 31.0 Å². The standard InChI is InChI=1S/C17H21N3OS.ClH/c1-11-8-12(2)13-4-3-7-20(15(13)9-11)17(21)14-10-22-16(19-14)5-6-18;/h8-10H,3-7,18H2,1-2H3;1H. The number of thiazole rings is 1. The summed E-state index contributed by atoms with van der Waals surface area (Å²) in [6, 6.07) is 4.31. The van der Waals surface area contributed by atoms with Crippen molar-refractivity contribution in [2.24, 2.45) is 5.73 Å². The maximum atomic E-state index is 12.8. The van der Waals surface area contributed by atoms with Crippen molar-refractivity contribution in [3.8, 4) is 0 Å². The molecule has 0 atom stereocenters. The van der Waals surface area contributed by atoms with Gasteiger partial charge in [-0.1, -0.05) is 6.07 Å². The molecule has 1 amide bonds. The molecule has 0 fully saturated rings. The second kappa shape index (κ2) is 7.43. The maximum Gasteiger partial charge on any atom is 0.277 e. The Morgan fingerprint density at radius 3 is 2.91 bits per heavy atom. The summed E-state index contributed by atoms with van der Waals surface area (Å²) in [6.07, 6.45) is 2.77. The smallest absolute Gasteiger partial charge is 0.277 e. The summed E-state index contributed by atoms with van der Waals surface area (Å²) in [4.78, 5) is 19.2. The summed E-state index contributed by atoms with van der Waals surface area (Å²) >= 11 is 1.52. The normalized spacial score (nSPS) is 13.4. The predicted octanol–water partition coefficient (Wildman–Crippen LogP) is 3.28. The molecule has 0 radical (unpaired) electrons. The van der Waals surface area contributed by atoms with Crippen molar-refractivity contribution in [1.82, 2.24) is 4.98 Å². The Bertz CT molecular complexity index is 714. The van der Waals surface area contributed by atoms with E-state index in [9.17, 15) is 4.79 Å². The SMILES string of the molecule is Cc1cc(C)c2c(c1)N(C(=O)c1csc(CCN)n1)CCC2.Cl. The summed E-state index contributed by atoms with van der Waals surface area (Å²) < 4.78 is 0. The Morgan fingerprint density at radius 2 is 2.17 bits per heavy atom. The number of halogens is 1. The third kappa shape index (κ3) is 3.57. The third-order valence-corrected chi connectivity index (χ3v) is 4.98. The highest BCUT2D eigenvalue weighted by molar-refractivity contribution is 7.09. The van der Waals surface area contributed by atoms with Crippen LogP contribution in [-0.4, -0.2) is 24.0 Å². The van der Waals surface area contributed by atoms with E-state index in [1.165, 1.54) is 28.0 Å². The first-order valence-electron chi connectivity index (χ1n) is 7.66. The Labute approximate surface area is 147 Å². The monoisotopic (exact) mass is 351 g/mol. The van der Waals surface area contributed by atoms with Gasteiger partial charge >= 0.3 is 0 Å². The molecule has 23 heavy (non-hydrogen) atoms. The molecule has 124 valence electrons. The van der Waals surface area contributed by atoms with E-state index >= 15 is 0 Å². The predicted molar refractivity (Wildman–Crippen MR) is 98.0 cm³/mol. The molecule has 4 nitrogen and oxygen atoms in total. The molecule has 0 spiro atoms. The first-order chi connectivity index (χ1) is 10.6. The van der Waals surface area contributed by atoms with Gasteiger partial charge in [-0.2, -0.15) is 0 Å². The number of amides is 1. The molecule has 6 heteroatoms. The summed E-state index contributed by atoms with van der Waals surface area (Å²) in [5, 5.41) is 2.79. The van der Waals surface area contributed by atoms with E-state index in [0.717, 1.165) is 36.5 Å². The fraction of sp³-hybridized carbons (Fsp3) is 0.412. The van der Waals surface area contributed by atoms with Crippen molar-refractivity contribution in [2.75, 3.05) is 18.0 Å². The molecule has 1 aromatic heterocycles. The molecule has 2 heterocycles. The molecule has 0 saturated heterocycles. The van der Waals surface area contributed by atoms with Crippen LogP contribution in [0.2, 0.25) is 0 Å². The molecular weight excluding hydrogens is 330 g/mol. The van der Waals surface area contributed by atoms with Crippen molar-refractivity contribution in [3.63, 3.8) is 0 Å². The zero-order valence-electron chi connectivity index (χ0n) is 13.5. The Kier molecular flexibility index (Phi) is 5.79. The number of aromatic nitrogens is 1. The number of benzene rings is 1. The quantitative estimate of drug-likeness (QED) is 0.923. The summed E-state index contributed by atoms with van der Waals surface area (Å²) in [7, 11) is 0. The van der Waals surface area contributed by atoms with Gasteiger partial charge in [-0.05, 0) is 56.0 Å². The molecule has 0 aliphatic carbocycles. The van der Waals surface area contributed by atoms with Crippen molar-refractivity contribution < 1.29 is 4.79 Å². The molecule has 1 aliphatic rings. The molecule has 2 N–H and O–H groups in total. The number of rotatable bonds is 3. The lowest BCUT2D eigenvalue weighted by atomic mass is 9.95. The lowest BCUT2D eigenvalue weighted by molar-refractivity contribution is 0.0981. The lowest BCUT2D eigenvalue weighted by Gasteiger charge is -2.30. The van der Waals surface area contributed by atoms with Crippen molar-refractivity contribution in [3.05, 3.63) is 44.9 Å². The fourth-order valence-corrected chi connectivity index (χ4v) is 3.86. The molecule has 0 bridgehead atoms. The van der Waals surface area contributed by atoms with Crippen molar-refractivity contribution in [1.29, 1.82) is 0 Å². The number of carbonyl (C=O) groups excluding carboxylic acids is 1. The minimum atomic E-state index is 0. The van der Waals surface area contributed by atoms with Crippen LogP contribution >= 0.6 is 23.7 Å². The van der Waals surface area contributed by atoms with Gasteiger partial charge in [0.1, 0.15) is 5.69 Å². The number of hydrogen-bond donors (Lipinski definition) is 1. The molecule has 0 unspecified atom stereocenters. The molecule has 1 aliphatic heterocycles. The lowest BCUT2D eigenvalue weighted by Crippen LogP contribution is -2.36. The minimum Gasteiger partial charge on any atom is -0.330 e. The highest BCUT2D eigenvalue weighted by atomic mass is 35.5. The van der Waals surface area contributed by atoms with Crippen LogP contribution in [0.5, 0.6) is 0 Å². The summed E-state index contributed by atoms with van der Waals surface area (Å²) in [5.74, 6) is 0.00507. The molecule has 1 aromatic carbocycles.